The SMILES string of the molecule is c1ccc(C(CCN2C3CCC2CC3)(c2ccccc2)c2nnn[nH]2)cc1. The lowest BCUT2D eigenvalue weighted by atomic mass is 9.71. The molecule has 0 amide bonds. The van der Waals surface area contributed by atoms with E-state index in [1.807, 2.05) is 0 Å². The Balaban J connectivity index is 1.59. The van der Waals surface area contributed by atoms with Crippen LogP contribution in [0.1, 0.15) is 49.1 Å². The first kappa shape index (κ1) is 16.6. The van der Waals surface area contributed by atoms with E-state index in [-0.39, 0.29) is 5.41 Å². The smallest absolute Gasteiger partial charge is 0.163 e. The maximum atomic E-state index is 4.41. The largest absolute Gasteiger partial charge is 0.297 e. The van der Waals surface area contributed by atoms with E-state index in [0.717, 1.165) is 30.9 Å². The zero-order valence-electron chi connectivity index (χ0n) is 15.5. The molecule has 5 nitrogen and oxygen atoms in total. The first-order chi connectivity index (χ1) is 13.4. The molecule has 0 radical (unpaired) electrons. The van der Waals surface area contributed by atoms with Crippen molar-refractivity contribution in [3.8, 4) is 0 Å². The lowest BCUT2D eigenvalue weighted by Gasteiger charge is -2.35. The summed E-state index contributed by atoms with van der Waals surface area (Å²) < 4.78 is 0. The molecule has 5 rings (SSSR count). The number of hydrogen-bond donors (Lipinski definition) is 1. The zero-order chi connectivity index (χ0) is 18.1. The van der Waals surface area contributed by atoms with Gasteiger partial charge in [-0.05, 0) is 53.7 Å². The molecule has 2 bridgehead atoms. The number of fused-ring (bicyclic) bond motifs is 2. The van der Waals surface area contributed by atoms with Gasteiger partial charge in [0.05, 0.1) is 5.41 Å². The maximum absolute atomic E-state index is 4.41. The van der Waals surface area contributed by atoms with Gasteiger partial charge in [-0.1, -0.05) is 60.7 Å². The summed E-state index contributed by atoms with van der Waals surface area (Å²) in [7, 11) is 0. The number of aromatic nitrogens is 4. The molecular weight excluding hydrogens is 334 g/mol. The quantitative estimate of drug-likeness (QED) is 0.731. The van der Waals surface area contributed by atoms with E-state index in [0.29, 0.717) is 0 Å². The molecule has 0 atom stereocenters. The number of nitrogens with zero attached hydrogens (tertiary/aromatic N) is 4. The Bertz CT molecular complexity index is 803. The Labute approximate surface area is 159 Å². The van der Waals surface area contributed by atoms with Gasteiger partial charge in [-0.2, -0.15) is 0 Å². The molecule has 1 N–H and O–H groups in total. The highest BCUT2D eigenvalue weighted by Crippen LogP contribution is 2.43. The molecule has 1 aromatic heterocycles. The van der Waals surface area contributed by atoms with Crippen molar-refractivity contribution in [3.63, 3.8) is 0 Å². The molecular formula is C22H25N5. The van der Waals surface area contributed by atoms with Gasteiger partial charge in [0.25, 0.3) is 0 Å². The Morgan fingerprint density at radius 2 is 1.41 bits per heavy atom. The van der Waals surface area contributed by atoms with Crippen LogP contribution < -0.4 is 0 Å². The second-order valence-electron chi connectivity index (χ2n) is 7.84. The number of rotatable bonds is 6. The summed E-state index contributed by atoms with van der Waals surface area (Å²) in [6, 6.07) is 22.9. The standard InChI is InChI=1S/C22H25N5/c1-3-7-17(8-4-1)22(21-23-25-26-24-21,18-9-5-2-6-10-18)15-16-27-19-11-12-20(27)14-13-19/h1-10,19-20H,11-16H2,(H,23,24,25,26). The molecule has 0 saturated carbocycles. The van der Waals surface area contributed by atoms with E-state index >= 15 is 0 Å². The van der Waals surface area contributed by atoms with Crippen LogP contribution in [0.15, 0.2) is 60.7 Å². The first-order valence-electron chi connectivity index (χ1n) is 9.99. The Hall–Kier alpha value is -2.53. The molecule has 0 spiro atoms. The molecule has 0 aliphatic carbocycles. The molecule has 2 aliphatic rings. The predicted octanol–water partition coefficient (Wildman–Crippen LogP) is 3.55. The molecule has 2 saturated heterocycles. The van der Waals surface area contributed by atoms with Crippen LogP contribution in [0.3, 0.4) is 0 Å². The van der Waals surface area contributed by atoms with Gasteiger partial charge in [-0.15, -0.1) is 5.10 Å². The van der Waals surface area contributed by atoms with Crippen LogP contribution in [0.2, 0.25) is 0 Å². The normalized spacial score (nSPS) is 22.4. The zero-order valence-corrected chi connectivity index (χ0v) is 15.5. The van der Waals surface area contributed by atoms with Crippen LogP contribution in [-0.2, 0) is 5.41 Å². The first-order valence-corrected chi connectivity index (χ1v) is 9.99. The number of tetrazole rings is 1. The van der Waals surface area contributed by atoms with Gasteiger partial charge < -0.3 is 0 Å². The van der Waals surface area contributed by atoms with Gasteiger partial charge in [0.15, 0.2) is 5.82 Å². The average molecular weight is 359 g/mol. The third-order valence-electron chi connectivity index (χ3n) is 6.63. The minimum Gasteiger partial charge on any atom is -0.297 e. The van der Waals surface area contributed by atoms with Crippen LogP contribution in [0.5, 0.6) is 0 Å². The lowest BCUT2D eigenvalue weighted by Crippen LogP contribution is -2.38. The fourth-order valence-corrected chi connectivity index (χ4v) is 5.31. The highest BCUT2D eigenvalue weighted by molar-refractivity contribution is 5.45. The number of aromatic amines is 1. The fourth-order valence-electron chi connectivity index (χ4n) is 5.31. The van der Waals surface area contributed by atoms with Gasteiger partial charge in [0.2, 0.25) is 0 Å². The van der Waals surface area contributed by atoms with Crippen LogP contribution in [-0.4, -0.2) is 44.2 Å². The summed E-state index contributed by atoms with van der Waals surface area (Å²) in [5, 5.41) is 15.4. The number of nitrogens with one attached hydrogen (secondary N) is 1. The summed E-state index contributed by atoms with van der Waals surface area (Å²) in [6.07, 6.45) is 6.40. The molecule has 3 heterocycles. The maximum Gasteiger partial charge on any atom is 0.163 e. The van der Waals surface area contributed by atoms with E-state index in [1.165, 1.54) is 36.8 Å². The third kappa shape index (κ3) is 2.77. The number of benzene rings is 2. The minimum absolute atomic E-state index is 0.367. The highest BCUT2D eigenvalue weighted by Gasteiger charge is 2.44. The van der Waals surface area contributed by atoms with Crippen LogP contribution >= 0.6 is 0 Å². The molecule has 2 aromatic carbocycles. The monoisotopic (exact) mass is 359 g/mol. The Morgan fingerprint density at radius 3 is 1.89 bits per heavy atom. The number of H-pyrrole nitrogens is 1. The molecule has 5 heteroatoms. The van der Waals surface area contributed by atoms with Crippen LogP contribution in [0.25, 0.3) is 0 Å². The average Bonchev–Trinajstić information content (AvgIpc) is 3.49. The van der Waals surface area contributed by atoms with Gasteiger partial charge in [0.1, 0.15) is 0 Å². The second-order valence-corrected chi connectivity index (χ2v) is 7.84. The Kier molecular flexibility index (Phi) is 4.24. The van der Waals surface area contributed by atoms with Gasteiger partial charge >= 0.3 is 0 Å². The van der Waals surface area contributed by atoms with E-state index < -0.39 is 0 Å². The summed E-state index contributed by atoms with van der Waals surface area (Å²) in [5.74, 6) is 0.825. The Morgan fingerprint density at radius 1 is 0.852 bits per heavy atom. The molecule has 2 aliphatic heterocycles. The van der Waals surface area contributed by atoms with Crippen molar-refractivity contribution < 1.29 is 0 Å². The predicted molar refractivity (Wildman–Crippen MR) is 104 cm³/mol. The number of hydrogen-bond acceptors (Lipinski definition) is 4. The summed E-state index contributed by atoms with van der Waals surface area (Å²) >= 11 is 0. The van der Waals surface area contributed by atoms with Crippen molar-refractivity contribution in [1.82, 2.24) is 25.5 Å². The molecule has 3 aromatic rings. The molecule has 0 unspecified atom stereocenters. The summed E-state index contributed by atoms with van der Waals surface area (Å²) in [6.45, 7) is 1.07. The topological polar surface area (TPSA) is 57.7 Å². The molecule has 27 heavy (non-hydrogen) atoms. The molecule has 138 valence electrons. The van der Waals surface area contributed by atoms with Crippen molar-refractivity contribution in [3.05, 3.63) is 77.6 Å². The highest BCUT2D eigenvalue weighted by atomic mass is 15.5. The van der Waals surface area contributed by atoms with Crippen molar-refractivity contribution in [1.29, 1.82) is 0 Å². The van der Waals surface area contributed by atoms with Gasteiger partial charge in [0, 0.05) is 18.6 Å². The lowest BCUT2D eigenvalue weighted by molar-refractivity contribution is 0.234. The van der Waals surface area contributed by atoms with Crippen LogP contribution in [0, 0.1) is 0 Å². The summed E-state index contributed by atoms with van der Waals surface area (Å²) in [4.78, 5) is 2.74. The van der Waals surface area contributed by atoms with Crippen molar-refractivity contribution in [2.45, 2.75) is 49.6 Å². The van der Waals surface area contributed by atoms with E-state index in [1.54, 1.807) is 0 Å². The fraction of sp³-hybridized carbons (Fsp3) is 0.409. The van der Waals surface area contributed by atoms with E-state index in [9.17, 15) is 0 Å². The van der Waals surface area contributed by atoms with Gasteiger partial charge in [-0.3, -0.25) is 4.90 Å². The van der Waals surface area contributed by atoms with Crippen molar-refractivity contribution in [2.24, 2.45) is 0 Å². The van der Waals surface area contributed by atoms with Crippen LogP contribution in [0.4, 0.5) is 0 Å². The minimum atomic E-state index is -0.367. The van der Waals surface area contributed by atoms with E-state index in [2.05, 4.69) is 86.2 Å². The summed E-state index contributed by atoms with van der Waals surface area (Å²) in [5.41, 5.74) is 2.11. The third-order valence-corrected chi connectivity index (χ3v) is 6.63. The van der Waals surface area contributed by atoms with Crippen molar-refractivity contribution in [2.75, 3.05) is 6.54 Å². The van der Waals surface area contributed by atoms with Gasteiger partial charge in [-0.25, -0.2) is 5.10 Å². The van der Waals surface area contributed by atoms with E-state index in [4.69, 9.17) is 0 Å². The van der Waals surface area contributed by atoms with Crippen molar-refractivity contribution >= 4 is 0 Å². The molecule has 2 fully saturated rings. The second kappa shape index (κ2) is 6.89.